The molecule has 2 heterocycles. The number of carbonyl (C=O) groups excluding carboxylic acids is 2. The van der Waals surface area contributed by atoms with E-state index in [-0.39, 0.29) is 17.6 Å². The first kappa shape index (κ1) is 15.9. The SMILES string of the molecule is O=C(Nc1cccc(C(=O)N2CCC(CC3CC3)C2)c1)c1ccco1. The Balaban J connectivity index is 1.40. The Morgan fingerprint density at radius 1 is 1.12 bits per heavy atom. The van der Waals surface area contributed by atoms with Gasteiger partial charge in [-0.25, -0.2) is 0 Å². The van der Waals surface area contributed by atoms with Crippen molar-refractivity contribution in [3.05, 3.63) is 54.0 Å². The molecule has 25 heavy (non-hydrogen) atoms. The lowest BCUT2D eigenvalue weighted by Crippen LogP contribution is -2.28. The molecule has 5 heteroatoms. The molecule has 2 aromatic rings. The van der Waals surface area contributed by atoms with Gasteiger partial charge in [0.15, 0.2) is 5.76 Å². The number of likely N-dealkylation sites (tertiary alicyclic amines) is 1. The number of benzene rings is 1. The normalized spacial score (nSPS) is 19.8. The van der Waals surface area contributed by atoms with Crippen LogP contribution in [0.2, 0.25) is 0 Å². The van der Waals surface area contributed by atoms with Crippen LogP contribution in [0.3, 0.4) is 0 Å². The number of hydrogen-bond donors (Lipinski definition) is 1. The Morgan fingerprint density at radius 3 is 2.76 bits per heavy atom. The van der Waals surface area contributed by atoms with Crippen LogP contribution >= 0.6 is 0 Å². The molecule has 1 aromatic carbocycles. The van der Waals surface area contributed by atoms with Gasteiger partial charge in [-0.3, -0.25) is 9.59 Å². The number of furan rings is 1. The molecule has 1 aliphatic carbocycles. The smallest absolute Gasteiger partial charge is 0.291 e. The van der Waals surface area contributed by atoms with E-state index >= 15 is 0 Å². The number of rotatable bonds is 5. The number of nitrogens with one attached hydrogen (secondary N) is 1. The number of nitrogens with zero attached hydrogens (tertiary/aromatic N) is 1. The maximum atomic E-state index is 12.8. The summed E-state index contributed by atoms with van der Waals surface area (Å²) in [5.41, 5.74) is 1.21. The number of amides is 2. The summed E-state index contributed by atoms with van der Waals surface area (Å²) >= 11 is 0. The summed E-state index contributed by atoms with van der Waals surface area (Å²) in [5.74, 6) is 1.53. The summed E-state index contributed by atoms with van der Waals surface area (Å²) in [6, 6.07) is 10.4. The highest BCUT2D eigenvalue weighted by molar-refractivity contribution is 6.03. The van der Waals surface area contributed by atoms with Crippen LogP contribution in [-0.2, 0) is 0 Å². The lowest BCUT2D eigenvalue weighted by atomic mass is 10.0. The second kappa shape index (κ2) is 6.75. The topological polar surface area (TPSA) is 62.6 Å². The maximum Gasteiger partial charge on any atom is 0.291 e. The van der Waals surface area contributed by atoms with Gasteiger partial charge < -0.3 is 14.6 Å². The second-order valence-electron chi connectivity index (χ2n) is 7.10. The van der Waals surface area contributed by atoms with Crippen molar-refractivity contribution < 1.29 is 14.0 Å². The van der Waals surface area contributed by atoms with Gasteiger partial charge in [0.05, 0.1) is 6.26 Å². The summed E-state index contributed by atoms with van der Waals surface area (Å²) in [6.45, 7) is 1.69. The fraction of sp³-hybridized carbons (Fsp3) is 0.400. The van der Waals surface area contributed by atoms with E-state index in [0.717, 1.165) is 25.4 Å². The molecule has 0 bridgehead atoms. The van der Waals surface area contributed by atoms with Gasteiger partial charge in [-0.05, 0) is 55.0 Å². The zero-order valence-electron chi connectivity index (χ0n) is 14.1. The van der Waals surface area contributed by atoms with Crippen molar-refractivity contribution in [2.75, 3.05) is 18.4 Å². The minimum Gasteiger partial charge on any atom is -0.459 e. The largest absolute Gasteiger partial charge is 0.459 e. The van der Waals surface area contributed by atoms with E-state index < -0.39 is 0 Å². The fourth-order valence-electron chi connectivity index (χ4n) is 3.55. The first-order valence-electron chi connectivity index (χ1n) is 8.93. The predicted molar refractivity (Wildman–Crippen MR) is 94.5 cm³/mol. The predicted octanol–water partition coefficient (Wildman–Crippen LogP) is 3.79. The third-order valence-corrected chi connectivity index (χ3v) is 5.05. The molecule has 2 amide bonds. The first-order chi connectivity index (χ1) is 12.2. The zero-order valence-corrected chi connectivity index (χ0v) is 14.1. The van der Waals surface area contributed by atoms with E-state index in [0.29, 0.717) is 17.2 Å². The Hall–Kier alpha value is -2.56. The van der Waals surface area contributed by atoms with Crippen molar-refractivity contribution >= 4 is 17.5 Å². The van der Waals surface area contributed by atoms with Crippen LogP contribution in [0.1, 0.15) is 46.6 Å². The highest BCUT2D eigenvalue weighted by Gasteiger charge is 2.32. The molecule has 2 fully saturated rings. The van der Waals surface area contributed by atoms with E-state index in [1.165, 1.54) is 25.5 Å². The van der Waals surface area contributed by atoms with Gasteiger partial charge >= 0.3 is 0 Å². The van der Waals surface area contributed by atoms with Crippen molar-refractivity contribution in [1.29, 1.82) is 0 Å². The molecule has 130 valence electrons. The van der Waals surface area contributed by atoms with Gasteiger partial charge in [-0.1, -0.05) is 18.9 Å². The summed E-state index contributed by atoms with van der Waals surface area (Å²) < 4.78 is 5.09. The molecule has 1 aromatic heterocycles. The van der Waals surface area contributed by atoms with Gasteiger partial charge in [0, 0.05) is 24.3 Å². The average Bonchev–Trinajstić information content (AvgIpc) is 3.09. The Morgan fingerprint density at radius 2 is 2.00 bits per heavy atom. The van der Waals surface area contributed by atoms with Crippen molar-refractivity contribution in [1.82, 2.24) is 4.90 Å². The number of anilines is 1. The van der Waals surface area contributed by atoms with Gasteiger partial charge in [0.25, 0.3) is 11.8 Å². The van der Waals surface area contributed by atoms with Gasteiger partial charge in [0.1, 0.15) is 0 Å². The highest BCUT2D eigenvalue weighted by atomic mass is 16.3. The van der Waals surface area contributed by atoms with Crippen molar-refractivity contribution in [3.8, 4) is 0 Å². The quantitative estimate of drug-likeness (QED) is 0.902. The van der Waals surface area contributed by atoms with Gasteiger partial charge in [-0.15, -0.1) is 0 Å². The highest BCUT2D eigenvalue weighted by Crippen LogP contribution is 2.38. The van der Waals surface area contributed by atoms with Crippen molar-refractivity contribution in [2.24, 2.45) is 11.8 Å². The Bertz CT molecular complexity index is 765. The van der Waals surface area contributed by atoms with Crippen LogP contribution in [-0.4, -0.2) is 29.8 Å². The van der Waals surface area contributed by atoms with Crippen LogP contribution in [0, 0.1) is 11.8 Å². The molecule has 1 unspecified atom stereocenters. The average molecular weight is 338 g/mol. The van der Waals surface area contributed by atoms with Gasteiger partial charge in [-0.2, -0.15) is 0 Å². The number of hydrogen-bond acceptors (Lipinski definition) is 3. The summed E-state index contributed by atoms with van der Waals surface area (Å²) in [6.07, 6.45) is 6.56. The molecule has 0 radical (unpaired) electrons. The molecule has 0 spiro atoms. The lowest BCUT2D eigenvalue weighted by molar-refractivity contribution is 0.0785. The molecule has 1 saturated heterocycles. The van der Waals surface area contributed by atoms with E-state index in [1.807, 2.05) is 4.90 Å². The number of carbonyl (C=O) groups is 2. The molecule has 1 N–H and O–H groups in total. The van der Waals surface area contributed by atoms with Crippen LogP contribution < -0.4 is 5.32 Å². The van der Waals surface area contributed by atoms with Crippen LogP contribution in [0.25, 0.3) is 0 Å². The lowest BCUT2D eigenvalue weighted by Gasteiger charge is -2.17. The summed E-state index contributed by atoms with van der Waals surface area (Å²) in [7, 11) is 0. The monoisotopic (exact) mass is 338 g/mol. The molecule has 2 aliphatic rings. The van der Waals surface area contributed by atoms with Crippen LogP contribution in [0.5, 0.6) is 0 Å². The molecular formula is C20H22N2O3. The third kappa shape index (κ3) is 3.76. The first-order valence-corrected chi connectivity index (χ1v) is 8.93. The van der Waals surface area contributed by atoms with Crippen molar-refractivity contribution in [3.63, 3.8) is 0 Å². The van der Waals surface area contributed by atoms with Gasteiger partial charge in [0.2, 0.25) is 0 Å². The zero-order chi connectivity index (χ0) is 17.2. The standard InChI is InChI=1S/C20H22N2O3/c23-19(18-5-2-10-25-18)21-17-4-1-3-16(12-17)20(24)22-9-8-15(13-22)11-14-6-7-14/h1-5,10,12,14-15H,6-9,11,13H2,(H,21,23). The molecule has 1 atom stereocenters. The Kier molecular flexibility index (Phi) is 4.30. The van der Waals surface area contributed by atoms with Crippen LogP contribution in [0.4, 0.5) is 5.69 Å². The third-order valence-electron chi connectivity index (χ3n) is 5.05. The summed E-state index contributed by atoms with van der Waals surface area (Å²) in [5, 5.41) is 2.77. The van der Waals surface area contributed by atoms with E-state index in [9.17, 15) is 9.59 Å². The molecule has 1 saturated carbocycles. The second-order valence-corrected chi connectivity index (χ2v) is 7.10. The van der Waals surface area contributed by atoms with E-state index in [2.05, 4.69) is 5.32 Å². The van der Waals surface area contributed by atoms with E-state index in [4.69, 9.17) is 4.42 Å². The van der Waals surface area contributed by atoms with Crippen molar-refractivity contribution in [2.45, 2.75) is 25.7 Å². The molecule has 1 aliphatic heterocycles. The van der Waals surface area contributed by atoms with Crippen LogP contribution in [0.15, 0.2) is 47.1 Å². The summed E-state index contributed by atoms with van der Waals surface area (Å²) in [4.78, 5) is 26.8. The Labute approximate surface area is 147 Å². The maximum absolute atomic E-state index is 12.8. The minimum absolute atomic E-state index is 0.0485. The van der Waals surface area contributed by atoms with E-state index in [1.54, 1.807) is 36.4 Å². The molecule has 5 nitrogen and oxygen atoms in total. The molecule has 4 rings (SSSR count). The fourth-order valence-corrected chi connectivity index (χ4v) is 3.55. The molecular weight excluding hydrogens is 316 g/mol. The minimum atomic E-state index is -0.319.